The number of alkyl halides is 3. The summed E-state index contributed by atoms with van der Waals surface area (Å²) in [7, 11) is 0. The number of carbonyl (C=O) groups excluding carboxylic acids is 3. The molecule has 1 aliphatic carbocycles. The van der Waals surface area contributed by atoms with Gasteiger partial charge in [-0.3, -0.25) is 19.1 Å². The number of likely N-dealkylation sites (tertiary alicyclic amines) is 1. The summed E-state index contributed by atoms with van der Waals surface area (Å²) < 4.78 is 40.9. The Labute approximate surface area is 213 Å². The molecule has 0 bridgehead atoms. The second kappa shape index (κ2) is 9.03. The third-order valence-corrected chi connectivity index (χ3v) is 8.22. The van der Waals surface area contributed by atoms with E-state index in [4.69, 9.17) is 0 Å². The highest BCUT2D eigenvalue weighted by molar-refractivity contribution is 5.95. The second-order valence-corrected chi connectivity index (χ2v) is 12.0. The maximum atomic E-state index is 13.6. The topological polar surface area (TPSA) is 120 Å². The lowest BCUT2D eigenvalue weighted by molar-refractivity contribution is -0.176. The molecule has 0 aromatic carbocycles. The highest BCUT2D eigenvalue weighted by Gasteiger charge is 2.70. The van der Waals surface area contributed by atoms with E-state index in [1.807, 2.05) is 29.9 Å². The molecule has 1 aromatic heterocycles. The lowest BCUT2D eigenvalue weighted by atomic mass is 9.85. The summed E-state index contributed by atoms with van der Waals surface area (Å²) in [5, 5.41) is 18.7. The molecule has 3 amide bonds. The average Bonchev–Trinajstić information content (AvgIpc) is 3.29. The molecule has 1 saturated carbocycles. The molecule has 6 atom stereocenters. The van der Waals surface area contributed by atoms with E-state index in [0.29, 0.717) is 6.42 Å². The van der Waals surface area contributed by atoms with Gasteiger partial charge >= 0.3 is 12.1 Å². The first-order valence-corrected chi connectivity index (χ1v) is 12.5. The number of fused-ring (bicyclic) bond motifs is 2. The Morgan fingerprint density at radius 1 is 1.24 bits per heavy atom. The summed E-state index contributed by atoms with van der Waals surface area (Å²) in [6.07, 6.45) is -1.47. The van der Waals surface area contributed by atoms with Gasteiger partial charge in [0, 0.05) is 24.9 Å². The normalized spacial score (nSPS) is 27.5. The first kappa shape index (κ1) is 26.9. The van der Waals surface area contributed by atoms with Gasteiger partial charge in [-0.2, -0.15) is 23.5 Å². The van der Waals surface area contributed by atoms with Gasteiger partial charge in [0.05, 0.1) is 12.1 Å². The van der Waals surface area contributed by atoms with Crippen LogP contribution in [0.4, 0.5) is 13.2 Å². The number of hydrogen-bond donors (Lipinski definition) is 2. The maximum Gasteiger partial charge on any atom is 0.471 e. The SMILES string of the molecule is CC(C)(C)C(NC(=O)C(F)(F)F)C(=O)N1CC2C(C1C(=O)NC(C#N)CC1CCc3ccnn31)C2(C)C. The van der Waals surface area contributed by atoms with Crippen molar-refractivity contribution in [2.24, 2.45) is 22.7 Å². The zero-order chi connectivity index (χ0) is 27.5. The molecular formula is C25H33F3N6O3. The molecule has 12 heteroatoms. The second-order valence-electron chi connectivity index (χ2n) is 12.0. The standard InChI is InChI=1S/C25H33F3N6O3/c1-23(2,3)19(32-22(37)25(26,27)28)21(36)33-12-16-17(24(16,4)5)18(33)20(35)31-13(11-29)10-15-7-6-14-8-9-30-34(14)15/h8-9,13,15-19H,6-7,10,12H2,1-5H3,(H,31,35)(H,32,37). The minimum Gasteiger partial charge on any atom is -0.338 e. The molecular weight excluding hydrogens is 489 g/mol. The van der Waals surface area contributed by atoms with Gasteiger partial charge in [-0.25, -0.2) is 0 Å². The highest BCUT2D eigenvalue weighted by atomic mass is 19.4. The Morgan fingerprint density at radius 2 is 1.92 bits per heavy atom. The van der Waals surface area contributed by atoms with Crippen molar-refractivity contribution >= 4 is 17.7 Å². The largest absolute Gasteiger partial charge is 0.471 e. The quantitative estimate of drug-likeness (QED) is 0.594. The Morgan fingerprint density at radius 3 is 2.51 bits per heavy atom. The first-order chi connectivity index (χ1) is 17.1. The lowest BCUT2D eigenvalue weighted by Gasteiger charge is -2.37. The van der Waals surface area contributed by atoms with E-state index < -0.39 is 47.4 Å². The Hall–Kier alpha value is -3.10. The van der Waals surface area contributed by atoms with E-state index in [-0.39, 0.29) is 29.8 Å². The minimum absolute atomic E-state index is 0.00636. The van der Waals surface area contributed by atoms with Crippen molar-refractivity contribution in [3.05, 3.63) is 18.0 Å². The number of nitriles is 1. The zero-order valence-electron chi connectivity index (χ0n) is 21.6. The van der Waals surface area contributed by atoms with Crippen LogP contribution >= 0.6 is 0 Å². The molecule has 6 unspecified atom stereocenters. The summed E-state index contributed by atoms with van der Waals surface area (Å²) in [6.45, 7) is 8.82. The van der Waals surface area contributed by atoms with E-state index in [1.54, 1.807) is 27.0 Å². The fourth-order valence-electron chi connectivity index (χ4n) is 6.04. The van der Waals surface area contributed by atoms with E-state index in [9.17, 15) is 32.8 Å². The van der Waals surface area contributed by atoms with Crippen LogP contribution in [0.1, 0.15) is 59.2 Å². The van der Waals surface area contributed by atoms with Crippen LogP contribution in [0.2, 0.25) is 0 Å². The Balaban J connectivity index is 1.52. The summed E-state index contributed by atoms with van der Waals surface area (Å²) in [5.74, 6) is -3.65. The van der Waals surface area contributed by atoms with E-state index in [2.05, 4.69) is 16.5 Å². The van der Waals surface area contributed by atoms with Crippen molar-refractivity contribution in [3.63, 3.8) is 0 Å². The van der Waals surface area contributed by atoms with E-state index in [1.165, 1.54) is 4.90 Å². The van der Waals surface area contributed by atoms with Crippen molar-refractivity contribution in [1.29, 1.82) is 5.26 Å². The lowest BCUT2D eigenvalue weighted by Crippen LogP contribution is -2.61. The summed E-state index contributed by atoms with van der Waals surface area (Å²) in [5.41, 5.74) is -0.208. The molecule has 3 aliphatic rings. The van der Waals surface area contributed by atoms with E-state index >= 15 is 0 Å². The van der Waals surface area contributed by atoms with Crippen LogP contribution in [0.25, 0.3) is 0 Å². The number of amides is 3. The van der Waals surface area contributed by atoms with Gasteiger partial charge in [0.15, 0.2) is 0 Å². The van der Waals surface area contributed by atoms with Gasteiger partial charge in [0.2, 0.25) is 11.8 Å². The smallest absolute Gasteiger partial charge is 0.338 e. The van der Waals surface area contributed by atoms with Gasteiger partial charge < -0.3 is 15.5 Å². The van der Waals surface area contributed by atoms with Crippen molar-refractivity contribution in [2.75, 3.05) is 6.54 Å². The predicted octanol–water partition coefficient (Wildman–Crippen LogP) is 2.35. The van der Waals surface area contributed by atoms with Gasteiger partial charge in [0.1, 0.15) is 18.1 Å². The number of carbonyl (C=O) groups is 3. The highest BCUT2D eigenvalue weighted by Crippen LogP contribution is 2.65. The summed E-state index contributed by atoms with van der Waals surface area (Å²) in [6, 6.07) is 0.755. The number of nitrogens with one attached hydrogen (secondary N) is 2. The van der Waals surface area contributed by atoms with Crippen LogP contribution in [0.15, 0.2) is 12.3 Å². The molecule has 9 nitrogen and oxygen atoms in total. The first-order valence-electron chi connectivity index (χ1n) is 12.5. The molecule has 2 fully saturated rings. The van der Waals surface area contributed by atoms with E-state index in [0.717, 1.165) is 18.5 Å². The maximum absolute atomic E-state index is 13.6. The van der Waals surface area contributed by atoms with Crippen LogP contribution in [-0.4, -0.2) is 63.2 Å². The average molecular weight is 523 g/mol. The van der Waals surface area contributed by atoms with Gasteiger partial charge in [-0.05, 0) is 41.6 Å². The molecule has 202 valence electrons. The van der Waals surface area contributed by atoms with Crippen LogP contribution < -0.4 is 10.6 Å². The van der Waals surface area contributed by atoms with Crippen molar-refractivity contribution < 1.29 is 27.6 Å². The van der Waals surface area contributed by atoms with Crippen LogP contribution in [0.3, 0.4) is 0 Å². The zero-order valence-corrected chi connectivity index (χ0v) is 21.6. The fourth-order valence-corrected chi connectivity index (χ4v) is 6.04. The number of rotatable bonds is 6. The summed E-state index contributed by atoms with van der Waals surface area (Å²) >= 11 is 0. The molecule has 3 heterocycles. The third kappa shape index (κ3) is 4.92. The van der Waals surface area contributed by atoms with Crippen LogP contribution in [0, 0.1) is 34.0 Å². The van der Waals surface area contributed by atoms with Crippen LogP contribution in [-0.2, 0) is 20.8 Å². The van der Waals surface area contributed by atoms with Crippen molar-refractivity contribution in [3.8, 4) is 6.07 Å². The number of aryl methyl sites for hydroxylation is 1. The minimum atomic E-state index is -5.15. The molecule has 4 rings (SSSR count). The molecule has 2 aliphatic heterocycles. The fraction of sp³-hybridized carbons (Fsp3) is 0.720. The number of halogens is 3. The summed E-state index contributed by atoms with van der Waals surface area (Å²) in [4.78, 5) is 40.1. The Bertz CT molecular complexity index is 1130. The molecule has 0 radical (unpaired) electrons. The molecule has 2 N–H and O–H groups in total. The van der Waals surface area contributed by atoms with Gasteiger partial charge in [-0.15, -0.1) is 0 Å². The number of piperidine rings is 1. The molecule has 1 aromatic rings. The Kier molecular flexibility index (Phi) is 6.57. The third-order valence-electron chi connectivity index (χ3n) is 8.22. The number of aromatic nitrogens is 2. The molecule has 0 spiro atoms. The number of nitrogens with zero attached hydrogens (tertiary/aromatic N) is 4. The van der Waals surface area contributed by atoms with Gasteiger partial charge in [-0.1, -0.05) is 34.6 Å². The van der Waals surface area contributed by atoms with Crippen molar-refractivity contribution in [1.82, 2.24) is 25.3 Å². The molecule has 1 saturated heterocycles. The monoisotopic (exact) mass is 522 g/mol. The molecule has 37 heavy (non-hydrogen) atoms. The van der Waals surface area contributed by atoms with Gasteiger partial charge in [0.25, 0.3) is 0 Å². The van der Waals surface area contributed by atoms with Crippen LogP contribution in [0.5, 0.6) is 0 Å². The predicted molar refractivity (Wildman–Crippen MR) is 125 cm³/mol. The number of hydrogen-bond acceptors (Lipinski definition) is 5. The van der Waals surface area contributed by atoms with Crippen molar-refractivity contribution in [2.45, 2.75) is 84.2 Å².